The highest BCUT2D eigenvalue weighted by Gasteiger charge is 2.25. The van der Waals surface area contributed by atoms with Crippen molar-refractivity contribution in [2.45, 2.75) is 204 Å². The van der Waals surface area contributed by atoms with Gasteiger partial charge in [-0.15, -0.1) is 0 Å². The standard InChI is InChI=1S/C55H97N7O19/c1-41(63)42(56-2)21-19-20-30-57-46(64)27-24-44(54(74)75)61-49(67)29-26-45(55(76)77)62-51(69)40-81-38-36-79-34-32-59-50(68)39-80-37-35-78-33-31-58-47(65)28-25-43(53(72)73)60-48(66)22-17-15-13-11-9-7-5-3-4-6-8-10-12-14-16-18-23-52(70)71/h42-45,56H,3-40H2,1-2H3,(H,57,64)(H,58,65)(H,59,68)(H,60,66)(H,61,67)(H,62,69)(H,70,71)(H,72,73)(H,74,75)(H,76,77)/t42-,43-,44-,45-/m0/s1. The summed E-state index contributed by atoms with van der Waals surface area (Å²) < 4.78 is 21.2. The predicted octanol–water partition coefficient (Wildman–Crippen LogP) is 2.90. The van der Waals surface area contributed by atoms with Crippen LogP contribution in [0.25, 0.3) is 0 Å². The van der Waals surface area contributed by atoms with Crippen molar-refractivity contribution in [3.8, 4) is 0 Å². The molecule has 11 N–H and O–H groups in total. The topological polar surface area (TPSA) is 390 Å². The minimum atomic E-state index is -1.48. The Balaban J connectivity index is 3.95. The number of likely N-dealkylation sites (N-methyl/N-ethyl adjacent to an activating group) is 1. The van der Waals surface area contributed by atoms with Crippen molar-refractivity contribution in [2.24, 2.45) is 0 Å². The highest BCUT2D eigenvalue weighted by Crippen LogP contribution is 2.15. The number of unbranched alkanes of at least 4 members (excludes halogenated alkanes) is 16. The van der Waals surface area contributed by atoms with E-state index in [-0.39, 0.29) is 122 Å². The molecule has 6 amide bonds. The number of aliphatic carboxylic acids is 4. The van der Waals surface area contributed by atoms with Gasteiger partial charge in [0.25, 0.3) is 0 Å². The molecular formula is C55H97N7O19. The number of hydrogen-bond acceptors (Lipinski definition) is 16. The number of amides is 6. The number of nitrogens with one attached hydrogen (secondary N) is 7. The molecule has 0 aliphatic rings. The first-order valence-corrected chi connectivity index (χ1v) is 28.9. The van der Waals surface area contributed by atoms with Gasteiger partial charge in [0.05, 0.1) is 45.7 Å². The van der Waals surface area contributed by atoms with Gasteiger partial charge in [-0.2, -0.15) is 0 Å². The van der Waals surface area contributed by atoms with Gasteiger partial charge < -0.3 is 76.6 Å². The van der Waals surface area contributed by atoms with Gasteiger partial charge >= 0.3 is 23.9 Å². The van der Waals surface area contributed by atoms with Crippen LogP contribution >= 0.6 is 0 Å². The van der Waals surface area contributed by atoms with Crippen LogP contribution in [0.3, 0.4) is 0 Å². The molecule has 81 heavy (non-hydrogen) atoms. The second kappa shape index (κ2) is 51.1. The van der Waals surface area contributed by atoms with Crippen LogP contribution in [0.2, 0.25) is 0 Å². The van der Waals surface area contributed by atoms with E-state index in [1.807, 2.05) is 0 Å². The molecule has 0 spiro atoms. The van der Waals surface area contributed by atoms with Gasteiger partial charge in [0.1, 0.15) is 37.1 Å². The molecule has 0 saturated carbocycles. The number of ether oxygens (including phenoxy) is 4. The molecule has 26 nitrogen and oxygen atoms in total. The summed E-state index contributed by atoms with van der Waals surface area (Å²) in [5.74, 6) is -7.86. The first-order valence-electron chi connectivity index (χ1n) is 28.9. The lowest BCUT2D eigenvalue weighted by molar-refractivity contribution is -0.144. The van der Waals surface area contributed by atoms with Gasteiger partial charge in [-0.05, 0) is 65.3 Å². The lowest BCUT2D eigenvalue weighted by Gasteiger charge is -2.17. The van der Waals surface area contributed by atoms with Gasteiger partial charge in [0, 0.05) is 51.7 Å². The van der Waals surface area contributed by atoms with E-state index >= 15 is 0 Å². The molecule has 0 rings (SSSR count). The lowest BCUT2D eigenvalue weighted by Crippen LogP contribution is -2.45. The number of carboxylic acid groups (broad SMARTS) is 4. The summed E-state index contributed by atoms with van der Waals surface area (Å²) in [6.45, 7) is 1.84. The van der Waals surface area contributed by atoms with Crippen molar-refractivity contribution in [1.82, 2.24) is 37.2 Å². The lowest BCUT2D eigenvalue weighted by atomic mass is 10.0. The number of carboxylic acids is 4. The maximum Gasteiger partial charge on any atom is 0.326 e. The number of carbonyl (C=O) groups is 11. The van der Waals surface area contributed by atoms with E-state index in [9.17, 15) is 68.1 Å². The zero-order valence-corrected chi connectivity index (χ0v) is 48.1. The third-order valence-electron chi connectivity index (χ3n) is 12.9. The molecule has 0 aromatic rings. The van der Waals surface area contributed by atoms with Crippen LogP contribution in [-0.4, -0.2) is 189 Å². The first kappa shape index (κ1) is 75.2. The summed E-state index contributed by atoms with van der Waals surface area (Å²) in [5, 5.41) is 55.1. The average Bonchev–Trinajstić information content (AvgIpc) is 3.41. The van der Waals surface area contributed by atoms with Crippen LogP contribution in [0.5, 0.6) is 0 Å². The smallest absolute Gasteiger partial charge is 0.326 e. The van der Waals surface area contributed by atoms with Crippen molar-refractivity contribution in [3.63, 3.8) is 0 Å². The van der Waals surface area contributed by atoms with E-state index in [0.717, 1.165) is 44.9 Å². The van der Waals surface area contributed by atoms with Crippen molar-refractivity contribution < 1.29 is 92.1 Å². The number of rotatable bonds is 57. The first-order chi connectivity index (χ1) is 38.9. The Kier molecular flexibility index (Phi) is 47.4. The molecule has 0 saturated heterocycles. The largest absolute Gasteiger partial charge is 0.481 e. The quantitative estimate of drug-likeness (QED) is 0.0390. The number of hydrogen-bond donors (Lipinski definition) is 11. The maximum atomic E-state index is 12.5. The van der Waals surface area contributed by atoms with Gasteiger partial charge in [-0.1, -0.05) is 89.9 Å². The fourth-order valence-electron chi connectivity index (χ4n) is 8.18. The third kappa shape index (κ3) is 47.5. The molecule has 0 aromatic carbocycles. The normalized spacial score (nSPS) is 12.5. The van der Waals surface area contributed by atoms with Crippen molar-refractivity contribution in [1.29, 1.82) is 0 Å². The van der Waals surface area contributed by atoms with E-state index < -0.39 is 84.6 Å². The maximum absolute atomic E-state index is 12.5. The van der Waals surface area contributed by atoms with Gasteiger partial charge in [0.2, 0.25) is 35.4 Å². The number of ketones is 1. The van der Waals surface area contributed by atoms with Gasteiger partial charge in [-0.3, -0.25) is 38.4 Å². The Bertz CT molecular complexity index is 1830. The highest BCUT2D eigenvalue weighted by atomic mass is 16.5. The molecular weight excluding hydrogens is 1060 g/mol. The third-order valence-corrected chi connectivity index (χ3v) is 12.9. The molecule has 0 bridgehead atoms. The zero-order chi connectivity index (χ0) is 60.3. The predicted molar refractivity (Wildman–Crippen MR) is 297 cm³/mol. The second-order valence-electron chi connectivity index (χ2n) is 19.9. The zero-order valence-electron chi connectivity index (χ0n) is 48.1. The molecule has 466 valence electrons. The number of carbonyl (C=O) groups excluding carboxylic acids is 7. The molecule has 0 fully saturated rings. The van der Waals surface area contributed by atoms with Crippen LogP contribution in [-0.2, 0) is 71.7 Å². The fourth-order valence-corrected chi connectivity index (χ4v) is 8.18. The molecule has 0 unspecified atom stereocenters. The SMILES string of the molecule is CN[C@@H](CCCCNC(=O)CC[C@H](NC(=O)CC[C@H](NC(=O)COCCOCCNC(=O)COCCOCCNC(=O)CC[C@H](NC(=O)CCCCCCCCCCCCCCCCCCC(=O)O)C(=O)O)C(=O)O)C(=O)O)C(C)=O. The summed E-state index contributed by atoms with van der Waals surface area (Å²) in [6, 6.07) is -4.32. The van der Waals surface area contributed by atoms with Crippen molar-refractivity contribution >= 4 is 65.1 Å². The van der Waals surface area contributed by atoms with E-state index in [2.05, 4.69) is 37.2 Å². The minimum Gasteiger partial charge on any atom is -0.481 e. The van der Waals surface area contributed by atoms with Crippen LogP contribution < -0.4 is 37.2 Å². The summed E-state index contributed by atoms with van der Waals surface area (Å²) in [7, 11) is 1.69. The summed E-state index contributed by atoms with van der Waals surface area (Å²) in [5.41, 5.74) is 0. The Labute approximate surface area is 477 Å². The Hall–Kier alpha value is -5.83. The molecule has 0 radical (unpaired) electrons. The van der Waals surface area contributed by atoms with E-state index in [1.165, 1.54) is 58.3 Å². The molecule has 4 atom stereocenters. The summed E-state index contributed by atoms with van der Waals surface area (Å²) >= 11 is 0. The molecule has 0 aliphatic heterocycles. The number of Topliss-reactive ketones (excluding diaryl/α,β-unsaturated/α-hetero) is 1. The van der Waals surface area contributed by atoms with E-state index in [1.54, 1.807) is 7.05 Å². The van der Waals surface area contributed by atoms with Crippen LogP contribution in [0.15, 0.2) is 0 Å². The second-order valence-corrected chi connectivity index (χ2v) is 19.9. The molecule has 0 aromatic heterocycles. The van der Waals surface area contributed by atoms with Crippen molar-refractivity contribution in [3.05, 3.63) is 0 Å². The Morgan fingerprint density at radius 1 is 0.333 bits per heavy atom. The van der Waals surface area contributed by atoms with Crippen LogP contribution in [0.4, 0.5) is 0 Å². The van der Waals surface area contributed by atoms with Crippen molar-refractivity contribution in [2.75, 3.05) is 79.5 Å². The molecule has 26 heteroatoms. The highest BCUT2D eigenvalue weighted by molar-refractivity contribution is 5.87. The molecule has 0 heterocycles. The van der Waals surface area contributed by atoms with Crippen LogP contribution in [0, 0.1) is 0 Å². The van der Waals surface area contributed by atoms with Gasteiger partial charge in [0.15, 0.2) is 0 Å². The summed E-state index contributed by atoms with van der Waals surface area (Å²) in [4.78, 5) is 131. The fraction of sp³-hybridized carbons (Fsp3) is 0.800. The van der Waals surface area contributed by atoms with Crippen LogP contribution in [0.1, 0.15) is 180 Å². The molecule has 0 aliphatic carbocycles. The summed E-state index contributed by atoms with van der Waals surface area (Å²) in [6.07, 6.45) is 18.6. The minimum absolute atomic E-state index is 0.0167. The average molecular weight is 1160 g/mol. The monoisotopic (exact) mass is 1160 g/mol. The Morgan fingerprint density at radius 2 is 0.679 bits per heavy atom. The Morgan fingerprint density at radius 3 is 1.09 bits per heavy atom. The van der Waals surface area contributed by atoms with E-state index in [4.69, 9.17) is 24.1 Å². The van der Waals surface area contributed by atoms with Gasteiger partial charge in [-0.25, -0.2) is 14.4 Å². The van der Waals surface area contributed by atoms with E-state index in [0.29, 0.717) is 32.2 Å².